The lowest BCUT2D eigenvalue weighted by molar-refractivity contribution is -0.190. The van der Waals surface area contributed by atoms with Crippen LogP contribution < -0.4 is 5.32 Å². The summed E-state index contributed by atoms with van der Waals surface area (Å²) in [5.41, 5.74) is 0.402. The second-order valence-electron chi connectivity index (χ2n) is 7.32. The molecular formula is C21H22ClF3N2O3. The molecule has 1 aromatic carbocycles. The van der Waals surface area contributed by atoms with Crippen molar-refractivity contribution < 1.29 is 27.2 Å². The fourth-order valence-electron chi connectivity index (χ4n) is 3.63. The van der Waals surface area contributed by atoms with Crippen LogP contribution >= 0.6 is 11.6 Å². The standard InChI is InChI=1S/C21H22ClF3N2O3/c22-15-10-8-14(9-11-15)13-27(20(29)21(23,24)25)18(17-7-4-12-30-17)19(28)26-16-5-2-1-3-6-16/h4,7-12,16,18H,1-3,5-6,13H2,(H,26,28)/t18-/m1/s1. The van der Waals surface area contributed by atoms with Crippen molar-refractivity contribution in [3.8, 4) is 0 Å². The summed E-state index contributed by atoms with van der Waals surface area (Å²) >= 11 is 5.85. The molecule has 0 radical (unpaired) electrons. The first-order valence-electron chi connectivity index (χ1n) is 9.71. The first-order valence-corrected chi connectivity index (χ1v) is 10.1. The van der Waals surface area contributed by atoms with Crippen LogP contribution in [0.1, 0.15) is 49.5 Å². The first kappa shape index (κ1) is 22.2. The molecule has 30 heavy (non-hydrogen) atoms. The summed E-state index contributed by atoms with van der Waals surface area (Å²) in [6.45, 7) is -0.432. The number of nitrogens with one attached hydrogen (secondary N) is 1. The number of rotatable bonds is 6. The Hall–Kier alpha value is -2.48. The number of halogens is 4. The maximum absolute atomic E-state index is 13.4. The molecule has 0 saturated heterocycles. The summed E-state index contributed by atoms with van der Waals surface area (Å²) in [5, 5.41) is 3.22. The minimum Gasteiger partial charge on any atom is -0.467 e. The van der Waals surface area contributed by atoms with Crippen LogP contribution in [0.5, 0.6) is 0 Å². The molecule has 5 nitrogen and oxygen atoms in total. The van der Waals surface area contributed by atoms with Gasteiger partial charge in [0.2, 0.25) is 0 Å². The van der Waals surface area contributed by atoms with Gasteiger partial charge in [-0.3, -0.25) is 9.59 Å². The summed E-state index contributed by atoms with van der Waals surface area (Å²) in [6, 6.07) is 7.22. The van der Waals surface area contributed by atoms with Crippen LogP contribution in [0.3, 0.4) is 0 Å². The van der Waals surface area contributed by atoms with Gasteiger partial charge < -0.3 is 14.6 Å². The van der Waals surface area contributed by atoms with Crippen molar-refractivity contribution in [2.24, 2.45) is 0 Å². The zero-order chi connectivity index (χ0) is 21.7. The van der Waals surface area contributed by atoms with Gasteiger partial charge in [0.25, 0.3) is 5.91 Å². The zero-order valence-corrected chi connectivity index (χ0v) is 16.9. The topological polar surface area (TPSA) is 62.6 Å². The SMILES string of the molecule is O=C(NC1CCCCC1)[C@@H](c1ccco1)N(Cc1ccc(Cl)cc1)C(=O)C(F)(F)F. The average Bonchev–Trinajstić information content (AvgIpc) is 3.23. The van der Waals surface area contributed by atoms with Crippen LogP contribution in [-0.2, 0) is 16.1 Å². The van der Waals surface area contributed by atoms with Gasteiger partial charge in [-0.05, 0) is 42.7 Å². The minimum atomic E-state index is -5.15. The van der Waals surface area contributed by atoms with E-state index in [1.165, 1.54) is 42.7 Å². The van der Waals surface area contributed by atoms with Crippen LogP contribution in [0.4, 0.5) is 13.2 Å². The van der Waals surface area contributed by atoms with Gasteiger partial charge in [-0.15, -0.1) is 0 Å². The van der Waals surface area contributed by atoms with Gasteiger partial charge in [-0.25, -0.2) is 0 Å². The van der Waals surface area contributed by atoms with Gasteiger partial charge in [0, 0.05) is 17.6 Å². The van der Waals surface area contributed by atoms with Crippen molar-refractivity contribution in [1.82, 2.24) is 10.2 Å². The molecule has 1 heterocycles. The van der Waals surface area contributed by atoms with E-state index in [2.05, 4.69) is 5.32 Å². The van der Waals surface area contributed by atoms with E-state index >= 15 is 0 Å². The number of hydrogen-bond donors (Lipinski definition) is 1. The fraction of sp³-hybridized carbons (Fsp3) is 0.429. The smallest absolute Gasteiger partial charge is 0.467 e. The lowest BCUT2D eigenvalue weighted by Gasteiger charge is -2.32. The zero-order valence-electron chi connectivity index (χ0n) is 16.1. The molecule has 9 heteroatoms. The Morgan fingerprint density at radius 2 is 1.80 bits per heavy atom. The van der Waals surface area contributed by atoms with Crippen molar-refractivity contribution in [1.29, 1.82) is 0 Å². The molecule has 1 aliphatic carbocycles. The number of nitrogens with zero attached hydrogens (tertiary/aromatic N) is 1. The van der Waals surface area contributed by atoms with Gasteiger partial charge in [0.1, 0.15) is 5.76 Å². The first-order chi connectivity index (χ1) is 14.3. The van der Waals surface area contributed by atoms with Crippen LogP contribution in [-0.4, -0.2) is 28.9 Å². The van der Waals surface area contributed by atoms with E-state index < -0.39 is 30.6 Å². The molecule has 0 aliphatic heterocycles. The van der Waals surface area contributed by atoms with Crippen molar-refractivity contribution in [2.45, 2.75) is 56.9 Å². The summed E-state index contributed by atoms with van der Waals surface area (Å²) < 4.78 is 45.5. The predicted molar refractivity (Wildman–Crippen MR) is 105 cm³/mol. The Morgan fingerprint density at radius 3 is 2.37 bits per heavy atom. The van der Waals surface area contributed by atoms with Crippen LogP contribution in [0.25, 0.3) is 0 Å². The summed E-state index contributed by atoms with van der Waals surface area (Å²) in [6.07, 6.45) is 0.543. The molecule has 1 aliphatic rings. The van der Waals surface area contributed by atoms with Gasteiger partial charge >= 0.3 is 12.1 Å². The predicted octanol–water partition coefficient (Wildman–Crippen LogP) is 5.01. The van der Waals surface area contributed by atoms with E-state index in [0.717, 1.165) is 32.1 Å². The molecule has 162 valence electrons. The monoisotopic (exact) mass is 442 g/mol. The third-order valence-electron chi connectivity index (χ3n) is 5.09. The minimum absolute atomic E-state index is 0.0325. The van der Waals surface area contributed by atoms with Gasteiger partial charge in [-0.1, -0.05) is 43.0 Å². The number of amides is 2. The number of hydrogen-bond acceptors (Lipinski definition) is 3. The number of carbonyl (C=O) groups excluding carboxylic acids is 2. The molecule has 0 unspecified atom stereocenters. The van der Waals surface area contributed by atoms with Crippen molar-refractivity contribution in [2.75, 3.05) is 0 Å². The highest BCUT2D eigenvalue weighted by Crippen LogP contribution is 2.30. The van der Waals surface area contributed by atoms with Crippen LogP contribution in [0.15, 0.2) is 47.1 Å². The summed E-state index contributed by atoms with van der Waals surface area (Å²) in [7, 11) is 0. The molecule has 1 saturated carbocycles. The quantitative estimate of drug-likeness (QED) is 0.683. The van der Waals surface area contributed by atoms with Crippen LogP contribution in [0.2, 0.25) is 5.02 Å². The Bertz CT molecular complexity index is 847. The average molecular weight is 443 g/mol. The Morgan fingerprint density at radius 1 is 1.13 bits per heavy atom. The second kappa shape index (κ2) is 9.55. The largest absolute Gasteiger partial charge is 0.471 e. The number of alkyl halides is 3. The van der Waals surface area contributed by atoms with Crippen LogP contribution in [0, 0.1) is 0 Å². The number of furan rings is 1. The maximum atomic E-state index is 13.4. The molecule has 1 fully saturated rings. The van der Waals surface area contributed by atoms with Crippen molar-refractivity contribution in [3.63, 3.8) is 0 Å². The molecule has 2 aromatic rings. The van der Waals surface area contributed by atoms with E-state index in [0.29, 0.717) is 15.5 Å². The molecule has 1 atom stereocenters. The summed E-state index contributed by atoms with van der Waals surface area (Å²) in [4.78, 5) is 25.9. The van der Waals surface area contributed by atoms with Gasteiger partial charge in [-0.2, -0.15) is 13.2 Å². The van der Waals surface area contributed by atoms with Crippen molar-refractivity contribution >= 4 is 23.4 Å². The molecule has 1 N–H and O–H groups in total. The fourth-order valence-corrected chi connectivity index (χ4v) is 3.75. The highest BCUT2D eigenvalue weighted by molar-refractivity contribution is 6.30. The Kier molecular flexibility index (Phi) is 7.07. The molecular weight excluding hydrogens is 421 g/mol. The molecule has 3 rings (SSSR count). The molecule has 0 spiro atoms. The Labute approximate surface area is 177 Å². The van der Waals surface area contributed by atoms with Gasteiger partial charge in [0.15, 0.2) is 6.04 Å². The third kappa shape index (κ3) is 5.56. The van der Waals surface area contributed by atoms with Crippen molar-refractivity contribution in [3.05, 3.63) is 59.0 Å². The molecule has 0 bridgehead atoms. The van der Waals surface area contributed by atoms with E-state index in [4.69, 9.17) is 16.0 Å². The van der Waals surface area contributed by atoms with Gasteiger partial charge in [0.05, 0.1) is 6.26 Å². The lowest BCUT2D eigenvalue weighted by atomic mass is 9.95. The maximum Gasteiger partial charge on any atom is 0.471 e. The van der Waals surface area contributed by atoms with E-state index in [-0.39, 0.29) is 11.8 Å². The highest BCUT2D eigenvalue weighted by atomic mass is 35.5. The normalized spacial score (nSPS) is 16.1. The third-order valence-corrected chi connectivity index (χ3v) is 5.35. The highest BCUT2D eigenvalue weighted by Gasteiger charge is 2.47. The van der Waals surface area contributed by atoms with E-state index in [1.54, 1.807) is 0 Å². The summed E-state index contributed by atoms with van der Waals surface area (Å²) in [5.74, 6) is -2.84. The molecule has 1 aromatic heterocycles. The number of benzene rings is 1. The second-order valence-corrected chi connectivity index (χ2v) is 7.76. The Balaban J connectivity index is 1.94. The molecule has 2 amide bonds. The van der Waals surface area contributed by atoms with E-state index in [9.17, 15) is 22.8 Å². The number of carbonyl (C=O) groups is 2. The lowest BCUT2D eigenvalue weighted by Crippen LogP contribution is -2.50. The van der Waals surface area contributed by atoms with E-state index in [1.807, 2.05) is 0 Å².